The summed E-state index contributed by atoms with van der Waals surface area (Å²) in [6.07, 6.45) is 1.60. The van der Waals surface area contributed by atoms with E-state index in [1.54, 1.807) is 12.3 Å². The minimum absolute atomic E-state index is 0.553. The quantitative estimate of drug-likeness (QED) is 0.498. The lowest BCUT2D eigenvalue weighted by atomic mass is 10.0. The molecule has 4 heteroatoms. The van der Waals surface area contributed by atoms with Crippen LogP contribution < -0.4 is 5.84 Å². The number of nitrogens with two attached hydrogens (primary N) is 1. The maximum atomic E-state index is 5.98. The van der Waals surface area contributed by atoms with Crippen molar-refractivity contribution >= 4 is 29.4 Å². The van der Waals surface area contributed by atoms with Gasteiger partial charge in [0.15, 0.2) is 0 Å². The van der Waals surface area contributed by atoms with Crippen LogP contribution in [-0.4, -0.2) is 6.21 Å². The maximum Gasteiger partial charge on any atom is 0.0598 e. The van der Waals surface area contributed by atoms with Crippen molar-refractivity contribution in [1.82, 2.24) is 0 Å². The molecule has 86 valence electrons. The van der Waals surface area contributed by atoms with E-state index in [4.69, 9.17) is 29.0 Å². The lowest BCUT2D eigenvalue weighted by molar-refractivity contribution is 1.26. The zero-order valence-electron chi connectivity index (χ0n) is 8.90. The second-order valence-electron chi connectivity index (χ2n) is 3.53. The van der Waals surface area contributed by atoms with Crippen molar-refractivity contribution in [2.75, 3.05) is 0 Å². The first kappa shape index (κ1) is 12.0. The van der Waals surface area contributed by atoms with Crippen molar-refractivity contribution in [3.8, 4) is 11.1 Å². The molecule has 0 fully saturated rings. The van der Waals surface area contributed by atoms with Gasteiger partial charge in [-0.3, -0.25) is 0 Å². The van der Waals surface area contributed by atoms with Crippen LogP contribution in [0.5, 0.6) is 0 Å². The van der Waals surface area contributed by atoms with Gasteiger partial charge in [-0.05, 0) is 28.8 Å². The summed E-state index contributed by atoms with van der Waals surface area (Å²) >= 11 is 11.8. The van der Waals surface area contributed by atoms with Crippen molar-refractivity contribution in [3.63, 3.8) is 0 Å². The van der Waals surface area contributed by atoms with E-state index >= 15 is 0 Å². The molecular weight excluding hydrogens is 255 g/mol. The molecule has 0 aliphatic rings. The van der Waals surface area contributed by atoms with Gasteiger partial charge in [-0.15, -0.1) is 0 Å². The predicted molar refractivity (Wildman–Crippen MR) is 73.7 cm³/mol. The average molecular weight is 265 g/mol. The van der Waals surface area contributed by atoms with Gasteiger partial charge in [-0.2, -0.15) is 5.10 Å². The van der Waals surface area contributed by atoms with Crippen molar-refractivity contribution in [1.29, 1.82) is 0 Å². The van der Waals surface area contributed by atoms with E-state index in [0.717, 1.165) is 16.7 Å². The van der Waals surface area contributed by atoms with Crippen LogP contribution in [0.3, 0.4) is 0 Å². The van der Waals surface area contributed by atoms with Gasteiger partial charge in [-0.1, -0.05) is 53.5 Å². The smallest absolute Gasteiger partial charge is 0.0598 e. The Hall–Kier alpha value is -1.51. The normalized spacial score (nSPS) is 10.9. The Bertz CT molecular complexity index is 548. The summed E-state index contributed by atoms with van der Waals surface area (Å²) in [4.78, 5) is 0. The average Bonchev–Trinajstić information content (AvgIpc) is 2.34. The first-order chi connectivity index (χ1) is 8.20. The van der Waals surface area contributed by atoms with Gasteiger partial charge in [-0.25, -0.2) is 0 Å². The monoisotopic (exact) mass is 264 g/mol. The fourth-order valence-corrected chi connectivity index (χ4v) is 1.82. The van der Waals surface area contributed by atoms with Crippen LogP contribution in [0.1, 0.15) is 5.56 Å². The minimum atomic E-state index is 0.553. The van der Waals surface area contributed by atoms with E-state index in [1.807, 2.05) is 36.4 Å². The molecule has 2 rings (SSSR count). The van der Waals surface area contributed by atoms with Crippen LogP contribution in [0.15, 0.2) is 47.6 Å². The van der Waals surface area contributed by atoms with Crippen LogP contribution in [-0.2, 0) is 0 Å². The fourth-order valence-electron chi connectivity index (χ4n) is 1.52. The van der Waals surface area contributed by atoms with Gasteiger partial charge in [0.25, 0.3) is 0 Å². The molecule has 0 saturated carbocycles. The SMILES string of the molecule is NN=Cc1ccc(-c2ccc(Cl)c(Cl)c2)cc1. The summed E-state index contributed by atoms with van der Waals surface area (Å²) < 4.78 is 0. The Morgan fingerprint density at radius 1 is 0.882 bits per heavy atom. The van der Waals surface area contributed by atoms with Gasteiger partial charge in [0.05, 0.1) is 16.3 Å². The summed E-state index contributed by atoms with van der Waals surface area (Å²) in [5.74, 6) is 5.08. The third-order valence-corrected chi connectivity index (χ3v) is 3.13. The molecule has 0 aromatic heterocycles. The number of hydrazone groups is 1. The lowest BCUT2D eigenvalue weighted by Crippen LogP contribution is -1.86. The molecule has 2 aromatic rings. The van der Waals surface area contributed by atoms with Crippen molar-refractivity contribution in [2.45, 2.75) is 0 Å². The fraction of sp³-hybridized carbons (Fsp3) is 0. The molecule has 0 radical (unpaired) electrons. The standard InChI is InChI=1S/C13H10Cl2N2/c14-12-6-5-11(7-13(12)15)10-3-1-9(2-4-10)8-17-16/h1-8H,16H2. The Labute approximate surface area is 110 Å². The van der Waals surface area contributed by atoms with E-state index in [2.05, 4.69) is 5.10 Å². The van der Waals surface area contributed by atoms with Crippen LogP contribution in [0.2, 0.25) is 10.0 Å². The van der Waals surface area contributed by atoms with Crippen molar-refractivity contribution in [3.05, 3.63) is 58.1 Å². The molecule has 0 heterocycles. The molecule has 2 N–H and O–H groups in total. The Morgan fingerprint density at radius 2 is 1.53 bits per heavy atom. The minimum Gasteiger partial charge on any atom is -0.323 e. The zero-order chi connectivity index (χ0) is 12.3. The summed E-state index contributed by atoms with van der Waals surface area (Å²) in [5.41, 5.74) is 3.05. The number of halogens is 2. The first-order valence-electron chi connectivity index (χ1n) is 4.99. The van der Waals surface area contributed by atoms with Crippen LogP contribution in [0.4, 0.5) is 0 Å². The number of benzene rings is 2. The van der Waals surface area contributed by atoms with E-state index in [-0.39, 0.29) is 0 Å². The molecule has 0 saturated heterocycles. The third-order valence-electron chi connectivity index (χ3n) is 2.39. The number of nitrogens with zero attached hydrogens (tertiary/aromatic N) is 1. The molecular formula is C13H10Cl2N2. The Morgan fingerprint density at radius 3 is 2.12 bits per heavy atom. The first-order valence-corrected chi connectivity index (χ1v) is 5.75. The van der Waals surface area contributed by atoms with Crippen molar-refractivity contribution in [2.24, 2.45) is 10.9 Å². The molecule has 2 nitrogen and oxygen atoms in total. The van der Waals surface area contributed by atoms with Gasteiger partial charge < -0.3 is 5.84 Å². The highest BCUT2D eigenvalue weighted by Crippen LogP contribution is 2.28. The van der Waals surface area contributed by atoms with Crippen LogP contribution in [0, 0.1) is 0 Å². The van der Waals surface area contributed by atoms with Gasteiger partial charge in [0.2, 0.25) is 0 Å². The zero-order valence-corrected chi connectivity index (χ0v) is 10.4. The Kier molecular flexibility index (Phi) is 3.67. The Balaban J connectivity index is 2.36. The lowest BCUT2D eigenvalue weighted by Gasteiger charge is -2.04. The van der Waals surface area contributed by atoms with E-state index in [1.165, 1.54) is 0 Å². The third kappa shape index (κ3) is 2.78. The molecule has 2 aromatic carbocycles. The summed E-state index contributed by atoms with van der Waals surface area (Å²) in [6.45, 7) is 0. The second kappa shape index (κ2) is 5.21. The molecule has 0 aliphatic heterocycles. The highest BCUT2D eigenvalue weighted by molar-refractivity contribution is 6.42. The molecule has 0 unspecified atom stereocenters. The molecule has 17 heavy (non-hydrogen) atoms. The molecule has 0 bridgehead atoms. The van der Waals surface area contributed by atoms with Crippen LogP contribution >= 0.6 is 23.2 Å². The molecule has 0 aliphatic carbocycles. The van der Waals surface area contributed by atoms with Crippen molar-refractivity contribution < 1.29 is 0 Å². The summed E-state index contributed by atoms with van der Waals surface area (Å²) in [6, 6.07) is 13.4. The van der Waals surface area contributed by atoms with Crippen LogP contribution in [0.25, 0.3) is 11.1 Å². The second-order valence-corrected chi connectivity index (χ2v) is 4.34. The van der Waals surface area contributed by atoms with E-state index in [9.17, 15) is 0 Å². The molecule has 0 atom stereocenters. The number of hydrogen-bond acceptors (Lipinski definition) is 2. The van der Waals surface area contributed by atoms with Gasteiger partial charge in [0, 0.05) is 0 Å². The topological polar surface area (TPSA) is 38.4 Å². The maximum absolute atomic E-state index is 5.98. The number of hydrogen-bond donors (Lipinski definition) is 1. The highest BCUT2D eigenvalue weighted by Gasteiger charge is 2.01. The molecule has 0 amide bonds. The summed E-state index contributed by atoms with van der Waals surface area (Å²) in [5, 5.41) is 4.58. The summed E-state index contributed by atoms with van der Waals surface area (Å²) in [7, 11) is 0. The largest absolute Gasteiger partial charge is 0.323 e. The van der Waals surface area contributed by atoms with Gasteiger partial charge >= 0.3 is 0 Å². The molecule has 0 spiro atoms. The highest BCUT2D eigenvalue weighted by atomic mass is 35.5. The predicted octanol–water partition coefficient (Wildman–Crippen LogP) is 3.95. The van der Waals surface area contributed by atoms with Gasteiger partial charge in [0.1, 0.15) is 0 Å². The number of rotatable bonds is 2. The van der Waals surface area contributed by atoms with E-state index in [0.29, 0.717) is 10.0 Å². The van der Waals surface area contributed by atoms with E-state index < -0.39 is 0 Å².